The molecule has 21 heavy (non-hydrogen) atoms. The molecule has 0 saturated carbocycles. The van der Waals surface area contributed by atoms with Gasteiger partial charge in [0.1, 0.15) is 11.5 Å². The predicted molar refractivity (Wildman–Crippen MR) is 82.2 cm³/mol. The molecule has 1 aliphatic carbocycles. The summed E-state index contributed by atoms with van der Waals surface area (Å²) in [6, 6.07) is 12.7. The molecule has 0 bridgehead atoms. The van der Waals surface area contributed by atoms with Gasteiger partial charge >= 0.3 is 0 Å². The molecule has 3 rings (SSSR count). The van der Waals surface area contributed by atoms with Crippen molar-refractivity contribution in [3.8, 4) is 0 Å². The lowest BCUT2D eigenvalue weighted by Crippen LogP contribution is -2.38. The fraction of sp³-hybridized carbons (Fsp3) is 0.389. The first-order valence-electron chi connectivity index (χ1n) is 7.62. The van der Waals surface area contributed by atoms with Crippen LogP contribution in [0, 0.1) is 6.92 Å². The molecule has 0 aliphatic heterocycles. The van der Waals surface area contributed by atoms with Crippen LogP contribution in [0.15, 0.2) is 40.8 Å². The molecule has 1 N–H and O–H groups in total. The molecule has 1 aromatic carbocycles. The molecule has 0 fully saturated rings. The number of furan rings is 1. The largest absolute Gasteiger partial charge is 0.466 e. The third kappa shape index (κ3) is 3.54. The van der Waals surface area contributed by atoms with E-state index < -0.39 is 0 Å². The van der Waals surface area contributed by atoms with E-state index in [9.17, 15) is 4.79 Å². The molecular weight excluding hydrogens is 262 g/mol. The molecule has 1 aliphatic rings. The molecule has 110 valence electrons. The van der Waals surface area contributed by atoms with E-state index in [4.69, 9.17) is 4.42 Å². The Balaban J connectivity index is 1.50. The van der Waals surface area contributed by atoms with Crippen molar-refractivity contribution in [3.63, 3.8) is 0 Å². The molecule has 1 unspecified atom stereocenters. The minimum Gasteiger partial charge on any atom is -0.466 e. The second-order valence-electron chi connectivity index (χ2n) is 5.79. The lowest BCUT2D eigenvalue weighted by atomic mass is 9.88. The van der Waals surface area contributed by atoms with Crippen molar-refractivity contribution >= 4 is 5.91 Å². The van der Waals surface area contributed by atoms with Gasteiger partial charge < -0.3 is 9.73 Å². The summed E-state index contributed by atoms with van der Waals surface area (Å²) >= 11 is 0. The summed E-state index contributed by atoms with van der Waals surface area (Å²) in [7, 11) is 0. The fourth-order valence-corrected chi connectivity index (χ4v) is 2.98. The van der Waals surface area contributed by atoms with Crippen molar-refractivity contribution < 1.29 is 9.21 Å². The summed E-state index contributed by atoms with van der Waals surface area (Å²) in [4.78, 5) is 12.1. The van der Waals surface area contributed by atoms with Gasteiger partial charge in [0.05, 0.1) is 0 Å². The van der Waals surface area contributed by atoms with Crippen molar-refractivity contribution in [2.75, 3.05) is 0 Å². The second-order valence-corrected chi connectivity index (χ2v) is 5.79. The van der Waals surface area contributed by atoms with Crippen LogP contribution < -0.4 is 5.32 Å². The Morgan fingerprint density at radius 1 is 1.24 bits per heavy atom. The number of hydrogen-bond donors (Lipinski definition) is 1. The fourth-order valence-electron chi connectivity index (χ4n) is 2.98. The monoisotopic (exact) mass is 283 g/mol. The van der Waals surface area contributed by atoms with Crippen LogP contribution in [-0.2, 0) is 24.1 Å². The summed E-state index contributed by atoms with van der Waals surface area (Å²) in [5.41, 5.74) is 2.80. The highest BCUT2D eigenvalue weighted by Crippen LogP contribution is 2.21. The smallest absolute Gasteiger partial charge is 0.220 e. The molecule has 1 aromatic heterocycles. The van der Waals surface area contributed by atoms with E-state index in [-0.39, 0.29) is 11.9 Å². The number of amides is 1. The molecular formula is C18H21NO2. The maximum atomic E-state index is 12.1. The maximum Gasteiger partial charge on any atom is 0.220 e. The SMILES string of the molecule is Cc1ccc(CCC(=O)NC2CCc3ccccc3C2)o1. The summed E-state index contributed by atoms with van der Waals surface area (Å²) in [5.74, 6) is 1.90. The van der Waals surface area contributed by atoms with Gasteiger partial charge in [0, 0.05) is 18.9 Å². The van der Waals surface area contributed by atoms with Crippen LogP contribution in [-0.4, -0.2) is 11.9 Å². The van der Waals surface area contributed by atoms with Gasteiger partial charge in [-0.05, 0) is 49.4 Å². The normalized spacial score (nSPS) is 17.3. The third-order valence-corrected chi connectivity index (χ3v) is 4.11. The van der Waals surface area contributed by atoms with E-state index in [1.807, 2.05) is 19.1 Å². The number of fused-ring (bicyclic) bond motifs is 1. The topological polar surface area (TPSA) is 42.2 Å². The summed E-state index contributed by atoms with van der Waals surface area (Å²) in [5, 5.41) is 3.16. The van der Waals surface area contributed by atoms with Crippen LogP contribution in [0.5, 0.6) is 0 Å². The molecule has 0 spiro atoms. The molecule has 1 heterocycles. The predicted octanol–water partition coefficient (Wildman–Crippen LogP) is 3.19. The number of carbonyl (C=O) groups excluding carboxylic acids is 1. The van der Waals surface area contributed by atoms with Crippen LogP contribution >= 0.6 is 0 Å². The van der Waals surface area contributed by atoms with E-state index in [1.54, 1.807) is 0 Å². The van der Waals surface area contributed by atoms with E-state index in [1.165, 1.54) is 11.1 Å². The van der Waals surface area contributed by atoms with Gasteiger partial charge in [-0.2, -0.15) is 0 Å². The van der Waals surface area contributed by atoms with Crippen molar-refractivity contribution in [1.82, 2.24) is 5.32 Å². The van der Waals surface area contributed by atoms with E-state index >= 15 is 0 Å². The van der Waals surface area contributed by atoms with Crippen LogP contribution in [0.4, 0.5) is 0 Å². The first kappa shape index (κ1) is 13.9. The number of aryl methyl sites for hydroxylation is 3. The molecule has 2 aromatic rings. The zero-order valence-corrected chi connectivity index (χ0v) is 12.4. The van der Waals surface area contributed by atoms with Gasteiger partial charge in [-0.3, -0.25) is 4.79 Å². The molecule has 1 atom stereocenters. The minimum atomic E-state index is 0.119. The molecule has 3 nitrogen and oxygen atoms in total. The number of nitrogens with one attached hydrogen (secondary N) is 1. The highest BCUT2D eigenvalue weighted by molar-refractivity contribution is 5.76. The first-order chi connectivity index (χ1) is 10.2. The molecule has 1 amide bonds. The Morgan fingerprint density at radius 3 is 2.81 bits per heavy atom. The van der Waals surface area contributed by atoms with Crippen molar-refractivity contribution in [1.29, 1.82) is 0 Å². The molecule has 0 saturated heterocycles. The van der Waals surface area contributed by atoms with Crippen LogP contribution in [0.2, 0.25) is 0 Å². The minimum absolute atomic E-state index is 0.119. The van der Waals surface area contributed by atoms with Crippen molar-refractivity contribution in [2.45, 2.75) is 45.1 Å². The zero-order valence-electron chi connectivity index (χ0n) is 12.4. The highest BCUT2D eigenvalue weighted by atomic mass is 16.3. The summed E-state index contributed by atoms with van der Waals surface area (Å²) in [6.45, 7) is 1.92. The van der Waals surface area contributed by atoms with Gasteiger partial charge in [-0.15, -0.1) is 0 Å². The average Bonchev–Trinajstić information content (AvgIpc) is 2.91. The Labute approximate surface area is 125 Å². The van der Waals surface area contributed by atoms with Gasteiger partial charge in [-0.25, -0.2) is 0 Å². The lowest BCUT2D eigenvalue weighted by molar-refractivity contribution is -0.121. The van der Waals surface area contributed by atoms with Crippen LogP contribution in [0.3, 0.4) is 0 Å². The Kier molecular flexibility index (Phi) is 4.09. The number of rotatable bonds is 4. The standard InChI is InChI=1S/C18H21NO2/c1-13-6-9-17(21-13)10-11-18(20)19-16-8-7-14-4-2-3-5-15(14)12-16/h2-6,9,16H,7-8,10-12H2,1H3,(H,19,20). The number of carbonyl (C=O) groups is 1. The molecule has 0 radical (unpaired) electrons. The Bertz CT molecular complexity index is 630. The summed E-state index contributed by atoms with van der Waals surface area (Å²) in [6.07, 6.45) is 4.19. The first-order valence-corrected chi connectivity index (χ1v) is 7.62. The average molecular weight is 283 g/mol. The van der Waals surface area contributed by atoms with E-state index in [0.29, 0.717) is 12.8 Å². The van der Waals surface area contributed by atoms with Crippen molar-refractivity contribution in [2.24, 2.45) is 0 Å². The number of benzene rings is 1. The second kappa shape index (κ2) is 6.17. The van der Waals surface area contributed by atoms with Gasteiger partial charge in [0.15, 0.2) is 0 Å². The van der Waals surface area contributed by atoms with Crippen LogP contribution in [0.1, 0.15) is 35.5 Å². The maximum absolute atomic E-state index is 12.1. The Morgan fingerprint density at radius 2 is 2.05 bits per heavy atom. The number of hydrogen-bond acceptors (Lipinski definition) is 2. The van der Waals surface area contributed by atoms with Gasteiger partial charge in [0.2, 0.25) is 5.91 Å². The highest BCUT2D eigenvalue weighted by Gasteiger charge is 2.19. The van der Waals surface area contributed by atoms with Crippen LogP contribution in [0.25, 0.3) is 0 Å². The van der Waals surface area contributed by atoms with E-state index in [2.05, 4.69) is 29.6 Å². The van der Waals surface area contributed by atoms with Gasteiger partial charge in [0.25, 0.3) is 0 Å². The Hall–Kier alpha value is -2.03. The quantitative estimate of drug-likeness (QED) is 0.936. The van der Waals surface area contributed by atoms with E-state index in [0.717, 1.165) is 30.8 Å². The van der Waals surface area contributed by atoms with Crippen molar-refractivity contribution in [3.05, 3.63) is 59.0 Å². The molecule has 3 heteroatoms. The summed E-state index contributed by atoms with van der Waals surface area (Å²) < 4.78 is 5.49. The third-order valence-electron chi connectivity index (χ3n) is 4.11. The zero-order chi connectivity index (χ0) is 14.7. The van der Waals surface area contributed by atoms with Gasteiger partial charge in [-0.1, -0.05) is 24.3 Å². The lowest BCUT2D eigenvalue weighted by Gasteiger charge is -2.25.